The number of carboxylic acids is 1. The molecular weight excluding hydrogens is 418 g/mol. The number of carbonyl (C=O) groups excluding carboxylic acids is 1. The first kappa shape index (κ1) is 25.3. The number of para-hydroxylation sites is 1. The first-order valence-electron chi connectivity index (χ1n) is 8.94. The molecule has 0 fully saturated rings. The highest BCUT2D eigenvalue weighted by molar-refractivity contribution is 8.01. The number of thiazole rings is 1. The lowest BCUT2D eigenvalue weighted by Crippen LogP contribution is -2.34. The number of carboxylic acid groups (broad SMARTS) is 1. The van der Waals surface area contributed by atoms with Crippen LogP contribution in [0.1, 0.15) is 0 Å². The number of nitrogens with one attached hydrogen (secondary N) is 1. The summed E-state index contributed by atoms with van der Waals surface area (Å²) in [5.41, 5.74) is 0.891. The Hall–Kier alpha value is -1.76. The number of rotatable bonds is 11. The van der Waals surface area contributed by atoms with Gasteiger partial charge in [0.05, 0.1) is 30.0 Å². The fourth-order valence-corrected chi connectivity index (χ4v) is 4.43. The Kier molecular flexibility index (Phi) is 12.4. The number of aliphatic carboxylic acids is 1. The summed E-state index contributed by atoms with van der Waals surface area (Å²) in [7, 11) is 1.43. The van der Waals surface area contributed by atoms with Gasteiger partial charge in [-0.3, -0.25) is 14.5 Å². The maximum atomic E-state index is 11.4. The monoisotopic (exact) mass is 445 g/mol. The van der Waals surface area contributed by atoms with Gasteiger partial charge in [0, 0.05) is 32.4 Å². The standard InChI is InChI=1S/C12H12N2O3S2.C6H15NO3/c1-13-10(15)7(11(16)17)6-18-12-14-8-4-2-3-5-9(8)19-12;8-4-1-7(2-5-9)3-6-10/h2-5,7H,6H2,1H3,(H,13,15)(H,16,17);8-10H,1-6H2. The molecule has 1 aromatic carbocycles. The average Bonchev–Trinajstić information content (AvgIpc) is 3.11. The number of aromatic nitrogens is 1. The van der Waals surface area contributed by atoms with Crippen molar-refractivity contribution in [1.82, 2.24) is 15.2 Å². The molecule has 0 aliphatic carbocycles. The number of thioether (sulfide) groups is 1. The van der Waals surface area contributed by atoms with Crippen LogP contribution >= 0.6 is 23.1 Å². The number of aliphatic hydroxyl groups excluding tert-OH is 3. The zero-order chi connectivity index (χ0) is 21.6. The summed E-state index contributed by atoms with van der Waals surface area (Å²) in [6, 6.07) is 7.70. The van der Waals surface area contributed by atoms with Crippen LogP contribution in [-0.4, -0.2) is 94.4 Å². The highest BCUT2D eigenvalue weighted by Gasteiger charge is 2.25. The smallest absolute Gasteiger partial charge is 0.316 e. The van der Waals surface area contributed by atoms with Gasteiger partial charge in [0.25, 0.3) is 0 Å². The van der Waals surface area contributed by atoms with Crippen LogP contribution in [0.4, 0.5) is 0 Å². The summed E-state index contributed by atoms with van der Waals surface area (Å²) >= 11 is 2.79. The van der Waals surface area contributed by atoms with Gasteiger partial charge in [0.1, 0.15) is 5.92 Å². The Morgan fingerprint density at radius 2 is 1.72 bits per heavy atom. The molecule has 0 radical (unpaired) electrons. The van der Waals surface area contributed by atoms with E-state index in [2.05, 4.69) is 10.3 Å². The van der Waals surface area contributed by atoms with Crippen molar-refractivity contribution < 1.29 is 30.0 Å². The summed E-state index contributed by atoms with van der Waals surface area (Å²) in [6.07, 6.45) is 0. The molecule has 2 aromatic rings. The van der Waals surface area contributed by atoms with Crippen LogP contribution in [0, 0.1) is 5.92 Å². The number of hydrogen-bond donors (Lipinski definition) is 5. The first-order chi connectivity index (χ1) is 14.0. The van der Waals surface area contributed by atoms with Crippen molar-refractivity contribution in [2.45, 2.75) is 4.34 Å². The number of carbonyl (C=O) groups is 2. The minimum atomic E-state index is -1.12. The summed E-state index contributed by atoms with van der Waals surface area (Å²) in [5, 5.41) is 36.8. The van der Waals surface area contributed by atoms with Gasteiger partial charge < -0.3 is 25.7 Å². The topological polar surface area (TPSA) is 143 Å². The largest absolute Gasteiger partial charge is 0.481 e. The normalized spacial score (nSPS) is 11.8. The zero-order valence-corrected chi connectivity index (χ0v) is 17.8. The fourth-order valence-electron chi connectivity index (χ4n) is 2.26. The van der Waals surface area contributed by atoms with Crippen molar-refractivity contribution in [2.24, 2.45) is 5.92 Å². The molecule has 5 N–H and O–H groups in total. The fraction of sp³-hybridized carbons (Fsp3) is 0.500. The van der Waals surface area contributed by atoms with Gasteiger partial charge in [0.15, 0.2) is 4.34 Å². The molecule has 0 aliphatic rings. The third kappa shape index (κ3) is 9.07. The van der Waals surface area contributed by atoms with E-state index in [4.69, 9.17) is 20.4 Å². The second-order valence-electron chi connectivity index (χ2n) is 5.78. The van der Waals surface area contributed by atoms with Gasteiger partial charge >= 0.3 is 5.97 Å². The molecule has 162 valence electrons. The second-order valence-corrected chi connectivity index (χ2v) is 8.07. The van der Waals surface area contributed by atoms with Crippen LogP contribution < -0.4 is 5.32 Å². The lowest BCUT2D eigenvalue weighted by Gasteiger charge is -2.17. The lowest BCUT2D eigenvalue weighted by atomic mass is 10.2. The van der Waals surface area contributed by atoms with Gasteiger partial charge in [-0.15, -0.1) is 11.3 Å². The summed E-state index contributed by atoms with van der Waals surface area (Å²) < 4.78 is 1.83. The van der Waals surface area contributed by atoms with Crippen LogP contribution in [0.25, 0.3) is 10.2 Å². The Bertz CT molecular complexity index is 711. The van der Waals surface area contributed by atoms with Crippen LogP contribution in [0.15, 0.2) is 28.6 Å². The van der Waals surface area contributed by atoms with Gasteiger partial charge in [-0.25, -0.2) is 4.98 Å². The van der Waals surface area contributed by atoms with E-state index in [0.29, 0.717) is 19.6 Å². The third-order valence-electron chi connectivity index (χ3n) is 3.76. The predicted molar refractivity (Wildman–Crippen MR) is 113 cm³/mol. The number of hydrogen-bond acceptors (Lipinski definition) is 9. The van der Waals surface area contributed by atoms with Gasteiger partial charge in [-0.2, -0.15) is 0 Å². The van der Waals surface area contributed by atoms with Crippen molar-refractivity contribution in [1.29, 1.82) is 0 Å². The molecule has 0 bridgehead atoms. The molecule has 1 amide bonds. The molecule has 9 nitrogen and oxygen atoms in total. The van der Waals surface area contributed by atoms with Crippen LogP contribution in [-0.2, 0) is 9.59 Å². The lowest BCUT2D eigenvalue weighted by molar-refractivity contribution is -0.145. The highest BCUT2D eigenvalue weighted by Crippen LogP contribution is 2.30. The van der Waals surface area contributed by atoms with Gasteiger partial charge in [-0.1, -0.05) is 23.9 Å². The van der Waals surface area contributed by atoms with Crippen molar-refractivity contribution in [3.63, 3.8) is 0 Å². The molecule has 11 heteroatoms. The quantitative estimate of drug-likeness (QED) is 0.240. The van der Waals surface area contributed by atoms with E-state index < -0.39 is 17.8 Å². The van der Waals surface area contributed by atoms with Crippen LogP contribution in [0.5, 0.6) is 0 Å². The third-order valence-corrected chi connectivity index (χ3v) is 6.03. The van der Waals surface area contributed by atoms with E-state index >= 15 is 0 Å². The molecule has 0 saturated carbocycles. The van der Waals surface area contributed by atoms with Crippen molar-refractivity contribution in [3.05, 3.63) is 24.3 Å². The van der Waals surface area contributed by atoms with E-state index in [1.807, 2.05) is 24.3 Å². The van der Waals surface area contributed by atoms with E-state index in [0.717, 1.165) is 14.6 Å². The van der Waals surface area contributed by atoms with Gasteiger partial charge in [-0.05, 0) is 12.1 Å². The Balaban J connectivity index is 0.000000359. The number of fused-ring (bicyclic) bond motifs is 1. The molecule has 0 spiro atoms. The predicted octanol–water partition coefficient (Wildman–Crippen LogP) is 0.100. The maximum Gasteiger partial charge on any atom is 0.316 e. The molecule has 1 unspecified atom stereocenters. The molecule has 2 rings (SSSR count). The maximum absolute atomic E-state index is 11.4. The number of aliphatic hydroxyl groups is 3. The summed E-state index contributed by atoms with van der Waals surface area (Å²) in [5.74, 6) is -2.48. The molecular formula is C18H27N3O6S2. The number of amides is 1. The second kappa shape index (κ2) is 14.3. The Morgan fingerprint density at radius 1 is 1.14 bits per heavy atom. The average molecular weight is 446 g/mol. The van der Waals surface area contributed by atoms with Crippen molar-refractivity contribution in [3.8, 4) is 0 Å². The number of nitrogens with zero attached hydrogens (tertiary/aromatic N) is 2. The SMILES string of the molecule is CNC(=O)C(CSc1nc2ccccc2s1)C(=O)O.OCCN(CCO)CCO. The van der Waals surface area contributed by atoms with Crippen molar-refractivity contribution >= 4 is 45.2 Å². The van der Waals surface area contributed by atoms with E-state index in [1.165, 1.54) is 30.1 Å². The number of benzene rings is 1. The van der Waals surface area contributed by atoms with E-state index in [1.54, 1.807) is 4.90 Å². The van der Waals surface area contributed by atoms with Crippen LogP contribution in [0.2, 0.25) is 0 Å². The Morgan fingerprint density at radius 3 is 2.21 bits per heavy atom. The van der Waals surface area contributed by atoms with E-state index in [-0.39, 0.29) is 25.6 Å². The molecule has 0 aliphatic heterocycles. The molecule has 0 saturated heterocycles. The highest BCUT2D eigenvalue weighted by atomic mass is 32.2. The summed E-state index contributed by atoms with van der Waals surface area (Å²) in [4.78, 5) is 28.6. The first-order valence-corrected chi connectivity index (χ1v) is 10.7. The van der Waals surface area contributed by atoms with Crippen molar-refractivity contribution in [2.75, 3.05) is 52.3 Å². The molecule has 1 atom stereocenters. The summed E-state index contributed by atoms with van der Waals surface area (Å²) in [6.45, 7) is 1.75. The zero-order valence-electron chi connectivity index (χ0n) is 16.2. The van der Waals surface area contributed by atoms with Gasteiger partial charge in [0.2, 0.25) is 5.91 Å². The minimum Gasteiger partial charge on any atom is -0.481 e. The molecule has 1 aromatic heterocycles. The van der Waals surface area contributed by atoms with E-state index in [9.17, 15) is 9.59 Å². The molecule has 29 heavy (non-hydrogen) atoms. The van der Waals surface area contributed by atoms with Crippen LogP contribution in [0.3, 0.4) is 0 Å². The minimum absolute atomic E-state index is 0.0694. The Labute approximate surface area is 177 Å². The molecule has 1 heterocycles.